The van der Waals surface area contributed by atoms with Crippen LogP contribution in [0, 0.1) is 0 Å². The molecule has 1 heterocycles. The first-order valence-corrected chi connectivity index (χ1v) is 5.00. The van der Waals surface area contributed by atoms with Crippen molar-refractivity contribution in [3.63, 3.8) is 0 Å². The summed E-state index contributed by atoms with van der Waals surface area (Å²) in [5.41, 5.74) is 0. The maximum atomic E-state index is 11.2. The predicted octanol–water partition coefficient (Wildman–Crippen LogP) is 1.76. The zero-order valence-electron chi connectivity index (χ0n) is 8.69. The van der Waals surface area contributed by atoms with E-state index in [2.05, 4.69) is 22.7 Å². The SMILES string of the molecule is CCC/C=C\Cn1c(CC)noc1=O. The zero-order chi connectivity index (χ0) is 10.4. The molecule has 0 unspecified atom stereocenters. The zero-order valence-corrected chi connectivity index (χ0v) is 8.69. The largest absolute Gasteiger partial charge is 0.441 e. The van der Waals surface area contributed by atoms with E-state index in [0.717, 1.165) is 12.8 Å². The first kappa shape index (κ1) is 10.8. The van der Waals surface area contributed by atoms with Crippen LogP contribution in [-0.4, -0.2) is 9.72 Å². The molecule has 78 valence electrons. The van der Waals surface area contributed by atoms with Gasteiger partial charge in [-0.15, -0.1) is 0 Å². The van der Waals surface area contributed by atoms with Crippen LogP contribution in [0.15, 0.2) is 21.5 Å². The van der Waals surface area contributed by atoms with E-state index in [-0.39, 0.29) is 5.76 Å². The number of nitrogens with zero attached hydrogens (tertiary/aromatic N) is 2. The van der Waals surface area contributed by atoms with Gasteiger partial charge in [-0.25, -0.2) is 4.79 Å². The molecule has 0 aliphatic carbocycles. The number of unbranched alkanes of at least 4 members (excludes halogenated alkanes) is 1. The number of aryl methyl sites for hydroxylation is 1. The Labute approximate surface area is 83.2 Å². The summed E-state index contributed by atoms with van der Waals surface area (Å²) >= 11 is 0. The fourth-order valence-electron chi connectivity index (χ4n) is 1.20. The highest BCUT2D eigenvalue weighted by Gasteiger charge is 2.05. The molecule has 1 rings (SSSR count). The van der Waals surface area contributed by atoms with E-state index >= 15 is 0 Å². The first-order valence-electron chi connectivity index (χ1n) is 5.00. The van der Waals surface area contributed by atoms with Crippen LogP contribution in [0.4, 0.5) is 0 Å². The number of allylic oxidation sites excluding steroid dienone is 2. The minimum absolute atomic E-state index is 0.372. The Balaban J connectivity index is 2.65. The van der Waals surface area contributed by atoms with E-state index in [1.807, 2.05) is 13.0 Å². The Morgan fingerprint density at radius 1 is 1.43 bits per heavy atom. The molecule has 4 heteroatoms. The van der Waals surface area contributed by atoms with Crippen LogP contribution >= 0.6 is 0 Å². The molecule has 0 aliphatic rings. The molecule has 0 aromatic carbocycles. The van der Waals surface area contributed by atoms with Crippen molar-refractivity contribution in [2.45, 2.75) is 39.7 Å². The molecule has 0 radical (unpaired) electrons. The van der Waals surface area contributed by atoms with E-state index in [0.29, 0.717) is 18.8 Å². The predicted molar refractivity (Wildman–Crippen MR) is 54.2 cm³/mol. The number of aromatic nitrogens is 2. The van der Waals surface area contributed by atoms with Crippen LogP contribution in [0.25, 0.3) is 0 Å². The Kier molecular flexibility index (Phi) is 4.16. The lowest BCUT2D eigenvalue weighted by Gasteiger charge is -1.96. The van der Waals surface area contributed by atoms with Crippen LogP contribution in [-0.2, 0) is 13.0 Å². The molecule has 0 fully saturated rings. The van der Waals surface area contributed by atoms with Crippen molar-refractivity contribution in [1.82, 2.24) is 9.72 Å². The second-order valence-electron chi connectivity index (χ2n) is 3.09. The molecule has 1 aromatic rings. The smallest absolute Gasteiger partial charge is 0.296 e. The summed E-state index contributed by atoms with van der Waals surface area (Å²) in [5.74, 6) is 0.333. The molecule has 0 saturated heterocycles. The Morgan fingerprint density at radius 3 is 2.86 bits per heavy atom. The van der Waals surface area contributed by atoms with Crippen molar-refractivity contribution in [2.24, 2.45) is 0 Å². The van der Waals surface area contributed by atoms with Gasteiger partial charge in [0.1, 0.15) is 0 Å². The summed E-state index contributed by atoms with van der Waals surface area (Å²) in [5, 5.41) is 3.67. The number of hydrogen-bond acceptors (Lipinski definition) is 3. The van der Waals surface area contributed by atoms with Gasteiger partial charge in [-0.2, -0.15) is 0 Å². The van der Waals surface area contributed by atoms with Gasteiger partial charge in [-0.05, 0) is 6.42 Å². The lowest BCUT2D eigenvalue weighted by Crippen LogP contribution is -2.15. The van der Waals surface area contributed by atoms with Crippen molar-refractivity contribution in [1.29, 1.82) is 0 Å². The summed E-state index contributed by atoms with van der Waals surface area (Å²) in [6.45, 7) is 4.63. The van der Waals surface area contributed by atoms with Crippen LogP contribution in [0.1, 0.15) is 32.5 Å². The minimum atomic E-state index is -0.372. The monoisotopic (exact) mass is 196 g/mol. The molecule has 0 atom stereocenters. The lowest BCUT2D eigenvalue weighted by molar-refractivity contribution is 0.375. The molecule has 14 heavy (non-hydrogen) atoms. The van der Waals surface area contributed by atoms with Crippen molar-refractivity contribution in [3.8, 4) is 0 Å². The molecule has 0 saturated carbocycles. The molecule has 0 spiro atoms. The maximum Gasteiger partial charge on any atom is 0.441 e. The van der Waals surface area contributed by atoms with Gasteiger partial charge in [0.2, 0.25) is 0 Å². The molecular weight excluding hydrogens is 180 g/mol. The van der Waals surface area contributed by atoms with Crippen molar-refractivity contribution in [3.05, 3.63) is 28.5 Å². The van der Waals surface area contributed by atoms with Gasteiger partial charge in [0, 0.05) is 13.0 Å². The van der Waals surface area contributed by atoms with Gasteiger partial charge < -0.3 is 0 Å². The summed E-state index contributed by atoms with van der Waals surface area (Å²) in [6.07, 6.45) is 6.92. The van der Waals surface area contributed by atoms with Gasteiger partial charge in [0.25, 0.3) is 0 Å². The summed E-state index contributed by atoms with van der Waals surface area (Å²) in [7, 11) is 0. The van der Waals surface area contributed by atoms with Gasteiger partial charge >= 0.3 is 5.76 Å². The topological polar surface area (TPSA) is 48.0 Å². The highest BCUT2D eigenvalue weighted by molar-refractivity contribution is 4.89. The highest BCUT2D eigenvalue weighted by atomic mass is 16.5. The van der Waals surface area contributed by atoms with Crippen LogP contribution in [0.2, 0.25) is 0 Å². The molecule has 0 N–H and O–H groups in total. The van der Waals surface area contributed by atoms with Crippen LogP contribution in [0.3, 0.4) is 0 Å². The molecule has 0 amide bonds. The maximum absolute atomic E-state index is 11.2. The normalized spacial score (nSPS) is 11.3. The van der Waals surface area contributed by atoms with E-state index in [4.69, 9.17) is 0 Å². The average Bonchev–Trinajstić information content (AvgIpc) is 2.55. The van der Waals surface area contributed by atoms with E-state index < -0.39 is 0 Å². The van der Waals surface area contributed by atoms with Gasteiger partial charge in [-0.1, -0.05) is 37.6 Å². The number of rotatable bonds is 5. The van der Waals surface area contributed by atoms with E-state index in [9.17, 15) is 4.79 Å². The third kappa shape index (κ3) is 2.58. The van der Waals surface area contributed by atoms with E-state index in [1.165, 1.54) is 0 Å². The van der Waals surface area contributed by atoms with E-state index in [1.54, 1.807) is 4.57 Å². The quantitative estimate of drug-likeness (QED) is 0.674. The minimum Gasteiger partial charge on any atom is -0.296 e. The fraction of sp³-hybridized carbons (Fsp3) is 0.600. The Hall–Kier alpha value is -1.32. The summed E-state index contributed by atoms with van der Waals surface area (Å²) in [6, 6.07) is 0. The second-order valence-corrected chi connectivity index (χ2v) is 3.09. The lowest BCUT2D eigenvalue weighted by atomic mass is 10.3. The highest BCUT2D eigenvalue weighted by Crippen LogP contribution is 1.95. The Bertz CT molecular complexity index is 349. The van der Waals surface area contributed by atoms with Crippen molar-refractivity contribution < 1.29 is 4.52 Å². The molecule has 0 bridgehead atoms. The van der Waals surface area contributed by atoms with Gasteiger partial charge in [0.15, 0.2) is 5.82 Å². The van der Waals surface area contributed by atoms with Crippen molar-refractivity contribution in [2.75, 3.05) is 0 Å². The first-order chi connectivity index (χ1) is 6.79. The summed E-state index contributed by atoms with van der Waals surface area (Å²) in [4.78, 5) is 11.2. The molecular formula is C10H16N2O2. The van der Waals surface area contributed by atoms with Crippen LogP contribution in [0.5, 0.6) is 0 Å². The molecule has 1 aromatic heterocycles. The third-order valence-electron chi connectivity index (χ3n) is 1.99. The van der Waals surface area contributed by atoms with Crippen LogP contribution < -0.4 is 5.76 Å². The second kappa shape index (κ2) is 5.42. The fourth-order valence-corrected chi connectivity index (χ4v) is 1.20. The molecule has 0 aliphatic heterocycles. The molecule has 4 nitrogen and oxygen atoms in total. The van der Waals surface area contributed by atoms with Gasteiger partial charge in [0.05, 0.1) is 0 Å². The third-order valence-corrected chi connectivity index (χ3v) is 1.99. The Morgan fingerprint density at radius 2 is 2.21 bits per heavy atom. The average molecular weight is 196 g/mol. The standard InChI is InChI=1S/C10H16N2O2/c1-3-5-6-7-8-12-9(4-2)11-14-10(12)13/h6-7H,3-5,8H2,1-2H3/b7-6-. The number of hydrogen-bond donors (Lipinski definition) is 0. The van der Waals surface area contributed by atoms with Crippen molar-refractivity contribution >= 4 is 0 Å². The van der Waals surface area contributed by atoms with Gasteiger partial charge in [-0.3, -0.25) is 9.09 Å². The summed E-state index contributed by atoms with van der Waals surface area (Å²) < 4.78 is 6.11.